The Morgan fingerprint density at radius 1 is 0.512 bits per heavy atom. The van der Waals surface area contributed by atoms with Crippen molar-refractivity contribution in [2.75, 3.05) is 10.1 Å². The van der Waals surface area contributed by atoms with E-state index < -0.39 is 0 Å². The number of rotatable bonds is 4. The van der Waals surface area contributed by atoms with Gasteiger partial charge in [0.1, 0.15) is 0 Å². The largest absolute Gasteiger partial charge is 4.00 e. The van der Waals surface area contributed by atoms with Crippen molar-refractivity contribution in [3.8, 4) is 22.5 Å². The Bertz CT molecular complexity index is 1260. The monoisotopic (exact) mass is 632 g/mol. The molecular formula is C34H46N4O2Zr+2. The molecule has 2 N–H and O–H groups in total. The average Bonchev–Trinajstić information content (AvgIpc) is 2.88. The van der Waals surface area contributed by atoms with Crippen LogP contribution in [-0.4, -0.2) is 31.5 Å². The first-order valence-corrected chi connectivity index (χ1v) is 12.8. The van der Waals surface area contributed by atoms with E-state index in [0.29, 0.717) is 11.6 Å². The maximum Gasteiger partial charge on any atom is 4.00 e. The van der Waals surface area contributed by atoms with E-state index in [2.05, 4.69) is 35.9 Å². The van der Waals surface area contributed by atoms with Crippen LogP contribution in [0.3, 0.4) is 0 Å². The summed E-state index contributed by atoms with van der Waals surface area (Å²) in [7, 11) is 0. The van der Waals surface area contributed by atoms with Crippen molar-refractivity contribution in [2.24, 2.45) is 0 Å². The molecule has 0 aliphatic rings. The molecule has 0 fully saturated rings. The molecule has 0 unspecified atom stereocenters. The molecule has 216 valence electrons. The van der Waals surface area contributed by atoms with Crippen LogP contribution in [-0.2, 0) is 26.2 Å². The van der Waals surface area contributed by atoms with E-state index in [4.69, 9.17) is 0 Å². The van der Waals surface area contributed by atoms with Gasteiger partial charge in [0.15, 0.2) is 11.6 Å². The number of hydrogen-bond donors (Lipinski definition) is 2. The second-order valence-corrected chi connectivity index (χ2v) is 11.4. The molecule has 0 saturated carbocycles. The third kappa shape index (κ3) is 10.2. The zero-order valence-electron chi connectivity index (χ0n) is 26.3. The number of pyridine rings is 2. The first-order valence-electron chi connectivity index (χ1n) is 12.8. The fourth-order valence-corrected chi connectivity index (χ4v) is 3.79. The Morgan fingerprint density at radius 3 is 1.12 bits per heavy atom. The summed E-state index contributed by atoms with van der Waals surface area (Å²) in [5.74, 6) is 1.13. The molecule has 2 aromatic heterocycles. The topological polar surface area (TPSA) is 72.7 Å². The van der Waals surface area contributed by atoms with Crippen LogP contribution in [0.1, 0.15) is 52.7 Å². The van der Waals surface area contributed by atoms with Gasteiger partial charge < -0.3 is 14.9 Å². The van der Waals surface area contributed by atoms with Crippen molar-refractivity contribution >= 4 is 11.6 Å². The van der Waals surface area contributed by atoms with E-state index in [1.54, 1.807) is 0 Å². The van der Waals surface area contributed by atoms with Crippen LogP contribution in [0.25, 0.3) is 22.5 Å². The van der Waals surface area contributed by atoms with Crippen LogP contribution in [0.2, 0.25) is 0 Å². The van der Waals surface area contributed by atoms with Gasteiger partial charge in [-0.05, 0) is 90.8 Å². The SMILES string of the molecule is Cc1ccccc1-c1cccc(N(O)C(C)(C)C)n1.Cc1ccccc1-c1cccc(N(O)C(C)(C)C)n1.[CH3-].[CH3-].[Zr+4]. The Balaban J connectivity index is 0.000000727. The third-order valence-corrected chi connectivity index (χ3v) is 6.02. The zero-order valence-corrected chi connectivity index (χ0v) is 28.7. The van der Waals surface area contributed by atoms with Gasteiger partial charge >= 0.3 is 26.2 Å². The molecule has 7 heteroatoms. The molecular weight excluding hydrogens is 588 g/mol. The van der Waals surface area contributed by atoms with Gasteiger partial charge in [0.2, 0.25) is 0 Å². The molecule has 0 spiro atoms. The summed E-state index contributed by atoms with van der Waals surface area (Å²) in [5, 5.41) is 22.7. The van der Waals surface area contributed by atoms with Crippen molar-refractivity contribution in [1.29, 1.82) is 0 Å². The second-order valence-electron chi connectivity index (χ2n) is 11.4. The fourth-order valence-electron chi connectivity index (χ4n) is 3.79. The van der Waals surface area contributed by atoms with Crippen LogP contribution < -0.4 is 10.1 Å². The standard InChI is InChI=1S/2C16H20N2O.2CH3.Zr/c2*1-12-8-5-6-9-13(12)14-10-7-11-15(17-14)18(19)16(2,3)4;;;/h2*5-11,19H,1-4H3;2*1H3;/q;;2*-1;+4. The van der Waals surface area contributed by atoms with E-state index >= 15 is 0 Å². The second kappa shape index (κ2) is 16.0. The molecule has 6 nitrogen and oxygen atoms in total. The number of hydrogen-bond acceptors (Lipinski definition) is 6. The number of benzene rings is 2. The van der Waals surface area contributed by atoms with Gasteiger partial charge in [-0.1, -0.05) is 60.7 Å². The number of anilines is 2. The predicted octanol–water partition coefficient (Wildman–Crippen LogP) is 9.00. The average molecular weight is 634 g/mol. The molecule has 0 radical (unpaired) electrons. The zero-order chi connectivity index (χ0) is 28.1. The van der Waals surface area contributed by atoms with E-state index in [0.717, 1.165) is 22.5 Å². The Kier molecular flexibility index (Phi) is 14.8. The minimum atomic E-state index is -0.378. The minimum absolute atomic E-state index is 0. The minimum Gasteiger partial charge on any atom is -0.358 e. The maximum atomic E-state index is 10.2. The van der Waals surface area contributed by atoms with Gasteiger partial charge in [-0.2, -0.15) is 0 Å². The Labute approximate surface area is 267 Å². The first-order chi connectivity index (χ1) is 17.8. The van der Waals surface area contributed by atoms with E-state index in [1.807, 2.05) is 114 Å². The fraction of sp³-hybridized carbons (Fsp3) is 0.294. The normalized spacial score (nSPS) is 10.6. The Morgan fingerprint density at radius 2 is 0.829 bits per heavy atom. The summed E-state index contributed by atoms with van der Waals surface area (Å²) >= 11 is 0. The molecule has 0 aliphatic heterocycles. The number of aryl methyl sites for hydroxylation is 2. The summed E-state index contributed by atoms with van der Waals surface area (Å²) in [5.41, 5.74) is 5.52. The third-order valence-electron chi connectivity index (χ3n) is 6.02. The van der Waals surface area contributed by atoms with E-state index in [-0.39, 0.29) is 52.1 Å². The summed E-state index contributed by atoms with van der Waals surface area (Å²) < 4.78 is 0. The number of nitrogens with zero attached hydrogens (tertiary/aromatic N) is 4. The molecule has 4 rings (SSSR count). The first kappa shape index (κ1) is 38.1. The molecule has 0 bridgehead atoms. The molecule has 2 aromatic carbocycles. The van der Waals surface area contributed by atoms with Crippen LogP contribution in [0.15, 0.2) is 84.9 Å². The summed E-state index contributed by atoms with van der Waals surface area (Å²) in [4.78, 5) is 9.09. The Hall–Kier alpha value is -2.86. The van der Waals surface area contributed by atoms with Gasteiger partial charge in [0.05, 0.1) is 22.5 Å². The van der Waals surface area contributed by atoms with E-state index in [1.165, 1.54) is 21.3 Å². The maximum absolute atomic E-state index is 10.2. The molecule has 0 aliphatic carbocycles. The van der Waals surface area contributed by atoms with Crippen LogP contribution >= 0.6 is 0 Å². The van der Waals surface area contributed by atoms with Crippen molar-refractivity contribution < 1.29 is 36.6 Å². The van der Waals surface area contributed by atoms with Crippen LogP contribution in [0.5, 0.6) is 0 Å². The summed E-state index contributed by atoms with van der Waals surface area (Å²) in [6.07, 6.45) is 0. The van der Waals surface area contributed by atoms with Gasteiger partial charge in [0.25, 0.3) is 0 Å². The van der Waals surface area contributed by atoms with Crippen LogP contribution in [0.4, 0.5) is 11.6 Å². The van der Waals surface area contributed by atoms with Crippen molar-refractivity contribution in [3.63, 3.8) is 0 Å². The number of hydroxylamine groups is 2. The molecule has 41 heavy (non-hydrogen) atoms. The molecule has 2 heterocycles. The van der Waals surface area contributed by atoms with Gasteiger partial charge in [0, 0.05) is 11.1 Å². The summed E-state index contributed by atoms with van der Waals surface area (Å²) in [6.45, 7) is 15.8. The van der Waals surface area contributed by atoms with Gasteiger partial charge in [-0.25, -0.2) is 20.1 Å². The molecule has 0 amide bonds. The predicted molar refractivity (Wildman–Crippen MR) is 170 cm³/mol. The molecule has 0 saturated heterocycles. The molecule has 0 atom stereocenters. The number of aromatic nitrogens is 2. The van der Waals surface area contributed by atoms with Crippen molar-refractivity contribution in [2.45, 2.75) is 66.5 Å². The van der Waals surface area contributed by atoms with Gasteiger partial charge in [-0.15, -0.1) is 0 Å². The quantitative estimate of drug-likeness (QED) is 0.173. The molecule has 4 aromatic rings. The van der Waals surface area contributed by atoms with Crippen LogP contribution in [0, 0.1) is 28.7 Å². The summed E-state index contributed by atoms with van der Waals surface area (Å²) in [6, 6.07) is 27.6. The smallest absolute Gasteiger partial charge is 0.358 e. The van der Waals surface area contributed by atoms with Crippen molar-refractivity contribution in [1.82, 2.24) is 9.97 Å². The van der Waals surface area contributed by atoms with E-state index in [9.17, 15) is 10.4 Å². The van der Waals surface area contributed by atoms with Crippen molar-refractivity contribution in [3.05, 3.63) is 111 Å². The van der Waals surface area contributed by atoms with Gasteiger partial charge in [-0.3, -0.25) is 10.4 Å².